The highest BCUT2D eigenvalue weighted by Crippen LogP contribution is 2.38. The summed E-state index contributed by atoms with van der Waals surface area (Å²) in [5.41, 5.74) is 1.89. The molecule has 1 aromatic rings. The first kappa shape index (κ1) is 17.0. The summed E-state index contributed by atoms with van der Waals surface area (Å²) in [5, 5.41) is 3.90. The lowest BCUT2D eigenvalue weighted by Gasteiger charge is -2.38. The summed E-state index contributed by atoms with van der Waals surface area (Å²) < 4.78 is 1.16. The predicted octanol–water partition coefficient (Wildman–Crippen LogP) is 6.09. The third-order valence-corrected chi connectivity index (χ3v) is 5.60. The molecular weight excluding hydrogens is 322 g/mol. The summed E-state index contributed by atoms with van der Waals surface area (Å²) in [4.78, 5) is 0. The number of benzene rings is 1. The highest BCUT2D eigenvalue weighted by Gasteiger charge is 2.30. The topological polar surface area (TPSA) is 12.0 Å². The maximum Gasteiger partial charge on any atom is 0.0320 e. The number of nitrogens with one attached hydrogen (secondary N) is 1. The maximum absolute atomic E-state index is 3.90. The fourth-order valence-corrected chi connectivity index (χ4v) is 3.82. The van der Waals surface area contributed by atoms with Gasteiger partial charge in [-0.1, -0.05) is 55.8 Å². The molecule has 118 valence electrons. The van der Waals surface area contributed by atoms with Crippen LogP contribution >= 0.6 is 15.9 Å². The Morgan fingerprint density at radius 2 is 1.67 bits per heavy atom. The van der Waals surface area contributed by atoms with E-state index in [0.29, 0.717) is 17.5 Å². The molecule has 0 heterocycles. The zero-order valence-electron chi connectivity index (χ0n) is 14.0. The van der Waals surface area contributed by atoms with E-state index in [9.17, 15) is 0 Å². The second-order valence-corrected chi connectivity index (χ2v) is 8.51. The molecule has 0 radical (unpaired) electrons. The Balaban J connectivity index is 1.90. The normalized spacial score (nSPS) is 24.8. The third-order valence-electron chi connectivity index (χ3n) is 5.07. The summed E-state index contributed by atoms with van der Waals surface area (Å²) in [6.45, 7) is 9.45. The van der Waals surface area contributed by atoms with Crippen molar-refractivity contribution in [3.8, 4) is 0 Å². The second kappa shape index (κ2) is 7.28. The van der Waals surface area contributed by atoms with Crippen molar-refractivity contribution in [3.05, 3.63) is 34.3 Å². The lowest BCUT2D eigenvalue weighted by molar-refractivity contribution is 0.155. The van der Waals surface area contributed by atoms with Crippen LogP contribution < -0.4 is 5.32 Å². The van der Waals surface area contributed by atoms with Crippen LogP contribution in [0.25, 0.3) is 0 Å². The molecule has 1 saturated carbocycles. The average molecular weight is 352 g/mol. The first-order valence-electron chi connectivity index (χ1n) is 8.41. The van der Waals surface area contributed by atoms with E-state index in [1.807, 2.05) is 0 Å². The van der Waals surface area contributed by atoms with Crippen LogP contribution in [0.1, 0.15) is 71.4 Å². The van der Waals surface area contributed by atoms with Crippen molar-refractivity contribution in [3.63, 3.8) is 0 Å². The molecule has 0 spiro atoms. The van der Waals surface area contributed by atoms with Crippen molar-refractivity contribution in [2.45, 2.75) is 71.9 Å². The fraction of sp³-hybridized carbons (Fsp3) is 0.684. The molecule has 1 unspecified atom stereocenters. The van der Waals surface area contributed by atoms with Crippen molar-refractivity contribution in [2.75, 3.05) is 0 Å². The SMILES string of the molecule is CCC(NC1CCC(C(C)(C)C)CC1)c1ccc(Br)cc1. The van der Waals surface area contributed by atoms with Crippen molar-refractivity contribution in [1.29, 1.82) is 0 Å². The van der Waals surface area contributed by atoms with Gasteiger partial charge in [0.15, 0.2) is 0 Å². The van der Waals surface area contributed by atoms with Crippen LogP contribution in [0, 0.1) is 11.3 Å². The lowest BCUT2D eigenvalue weighted by Crippen LogP contribution is -2.38. The van der Waals surface area contributed by atoms with E-state index in [1.54, 1.807) is 0 Å². The molecule has 1 fully saturated rings. The Kier molecular flexibility index (Phi) is 5.90. The Labute approximate surface area is 139 Å². The van der Waals surface area contributed by atoms with Gasteiger partial charge in [-0.2, -0.15) is 0 Å². The van der Waals surface area contributed by atoms with E-state index < -0.39 is 0 Å². The molecule has 0 bridgehead atoms. The smallest absolute Gasteiger partial charge is 0.0320 e. The van der Waals surface area contributed by atoms with Crippen LogP contribution in [0.3, 0.4) is 0 Å². The first-order valence-corrected chi connectivity index (χ1v) is 9.21. The van der Waals surface area contributed by atoms with Crippen LogP contribution in [0.4, 0.5) is 0 Å². The molecule has 1 nitrogen and oxygen atoms in total. The van der Waals surface area contributed by atoms with Gasteiger partial charge in [0.25, 0.3) is 0 Å². The molecule has 1 atom stereocenters. The minimum absolute atomic E-state index is 0.473. The van der Waals surface area contributed by atoms with Gasteiger partial charge in [0.05, 0.1) is 0 Å². The van der Waals surface area contributed by atoms with Crippen LogP contribution in [0.5, 0.6) is 0 Å². The minimum Gasteiger partial charge on any atom is -0.307 e. The summed E-state index contributed by atoms with van der Waals surface area (Å²) in [6.07, 6.45) is 6.56. The van der Waals surface area contributed by atoms with Crippen molar-refractivity contribution < 1.29 is 0 Å². The zero-order valence-corrected chi connectivity index (χ0v) is 15.5. The molecule has 1 N–H and O–H groups in total. The van der Waals surface area contributed by atoms with Gasteiger partial charge in [-0.3, -0.25) is 0 Å². The van der Waals surface area contributed by atoms with Crippen LogP contribution in [-0.4, -0.2) is 6.04 Å². The second-order valence-electron chi connectivity index (χ2n) is 7.59. The lowest BCUT2D eigenvalue weighted by atomic mass is 9.71. The fourth-order valence-electron chi connectivity index (χ4n) is 3.56. The van der Waals surface area contributed by atoms with Crippen LogP contribution in [0.2, 0.25) is 0 Å². The molecular formula is C19H30BrN. The largest absolute Gasteiger partial charge is 0.307 e. The van der Waals surface area contributed by atoms with E-state index in [2.05, 4.69) is 73.2 Å². The Hall–Kier alpha value is -0.340. The highest BCUT2D eigenvalue weighted by molar-refractivity contribution is 9.10. The van der Waals surface area contributed by atoms with Crippen molar-refractivity contribution >= 4 is 15.9 Å². The molecule has 0 aromatic heterocycles. The zero-order chi connectivity index (χ0) is 15.5. The summed E-state index contributed by atoms with van der Waals surface area (Å²) >= 11 is 3.52. The summed E-state index contributed by atoms with van der Waals surface area (Å²) in [6, 6.07) is 9.97. The number of hydrogen-bond donors (Lipinski definition) is 1. The molecule has 0 aliphatic heterocycles. The van der Waals surface area contributed by atoms with Crippen molar-refractivity contribution in [1.82, 2.24) is 5.32 Å². The molecule has 0 saturated heterocycles. The molecule has 2 heteroatoms. The van der Waals surface area contributed by atoms with Gasteiger partial charge in [-0.25, -0.2) is 0 Å². The summed E-state index contributed by atoms with van der Waals surface area (Å²) in [5.74, 6) is 0.892. The van der Waals surface area contributed by atoms with Gasteiger partial charge in [0, 0.05) is 16.6 Å². The molecule has 0 amide bonds. The number of rotatable bonds is 4. The highest BCUT2D eigenvalue weighted by atomic mass is 79.9. The molecule has 2 rings (SSSR count). The van der Waals surface area contributed by atoms with Gasteiger partial charge >= 0.3 is 0 Å². The van der Waals surface area contributed by atoms with Gasteiger partial charge in [0.1, 0.15) is 0 Å². The van der Waals surface area contributed by atoms with Crippen LogP contribution in [-0.2, 0) is 0 Å². The Morgan fingerprint density at radius 3 is 2.14 bits per heavy atom. The standard InChI is InChI=1S/C19H30BrN/c1-5-18(14-6-10-16(20)11-7-14)21-17-12-8-15(9-13-17)19(2,3)4/h6-7,10-11,15,17-18,21H,5,8-9,12-13H2,1-4H3. The molecule has 1 aliphatic carbocycles. The maximum atomic E-state index is 3.90. The quantitative estimate of drug-likeness (QED) is 0.691. The molecule has 1 aliphatic rings. The predicted molar refractivity (Wildman–Crippen MR) is 95.5 cm³/mol. The minimum atomic E-state index is 0.473. The summed E-state index contributed by atoms with van der Waals surface area (Å²) in [7, 11) is 0. The third kappa shape index (κ3) is 4.82. The molecule has 1 aromatic carbocycles. The monoisotopic (exact) mass is 351 g/mol. The van der Waals surface area contributed by atoms with Gasteiger partial charge in [-0.05, 0) is 61.1 Å². The Bertz CT molecular complexity index is 424. The van der Waals surface area contributed by atoms with E-state index in [1.165, 1.54) is 31.2 Å². The van der Waals surface area contributed by atoms with E-state index >= 15 is 0 Å². The Morgan fingerprint density at radius 1 is 1.10 bits per heavy atom. The van der Waals surface area contributed by atoms with Crippen LogP contribution in [0.15, 0.2) is 28.7 Å². The van der Waals surface area contributed by atoms with E-state index in [4.69, 9.17) is 0 Å². The van der Waals surface area contributed by atoms with E-state index in [-0.39, 0.29) is 0 Å². The van der Waals surface area contributed by atoms with Crippen molar-refractivity contribution in [2.24, 2.45) is 11.3 Å². The first-order chi connectivity index (χ1) is 9.90. The van der Waals surface area contributed by atoms with Gasteiger partial charge in [-0.15, -0.1) is 0 Å². The number of halogens is 1. The average Bonchev–Trinajstić information content (AvgIpc) is 2.45. The molecule has 21 heavy (non-hydrogen) atoms. The number of hydrogen-bond acceptors (Lipinski definition) is 1. The van der Waals surface area contributed by atoms with Gasteiger partial charge in [0.2, 0.25) is 0 Å². The van der Waals surface area contributed by atoms with Gasteiger partial charge < -0.3 is 5.32 Å². The van der Waals surface area contributed by atoms with E-state index in [0.717, 1.165) is 16.8 Å².